The molecule has 4 heteroatoms. The summed E-state index contributed by atoms with van der Waals surface area (Å²) in [6, 6.07) is 6.52. The molecule has 1 N–H and O–H groups in total. The van der Waals surface area contributed by atoms with Crippen molar-refractivity contribution in [1.29, 1.82) is 0 Å². The van der Waals surface area contributed by atoms with Gasteiger partial charge in [0.15, 0.2) is 5.82 Å². The molecule has 0 radical (unpaired) electrons. The van der Waals surface area contributed by atoms with Crippen molar-refractivity contribution >= 4 is 11.5 Å². The van der Waals surface area contributed by atoms with E-state index in [4.69, 9.17) is 0 Å². The fourth-order valence-electron chi connectivity index (χ4n) is 2.42. The van der Waals surface area contributed by atoms with E-state index in [-0.39, 0.29) is 5.56 Å². The van der Waals surface area contributed by atoms with Crippen molar-refractivity contribution in [3.8, 4) is 0 Å². The Morgan fingerprint density at radius 3 is 2.90 bits per heavy atom. The van der Waals surface area contributed by atoms with Gasteiger partial charge in [-0.3, -0.25) is 4.79 Å². The number of anilines is 2. The van der Waals surface area contributed by atoms with Crippen molar-refractivity contribution in [1.82, 2.24) is 9.55 Å². The Morgan fingerprint density at radius 1 is 1.40 bits per heavy atom. The fraction of sp³-hybridized carbons (Fsp3) is 0.375. The van der Waals surface area contributed by atoms with Crippen LogP contribution in [-0.4, -0.2) is 9.55 Å². The van der Waals surface area contributed by atoms with E-state index < -0.39 is 0 Å². The van der Waals surface area contributed by atoms with Crippen LogP contribution in [0.15, 0.2) is 35.4 Å². The van der Waals surface area contributed by atoms with Crippen LogP contribution < -0.4 is 10.9 Å². The second-order valence-electron chi connectivity index (χ2n) is 5.34. The van der Waals surface area contributed by atoms with Crippen molar-refractivity contribution in [3.63, 3.8) is 0 Å². The molecule has 0 saturated heterocycles. The zero-order valence-corrected chi connectivity index (χ0v) is 11.9. The van der Waals surface area contributed by atoms with E-state index in [1.807, 2.05) is 6.07 Å². The van der Waals surface area contributed by atoms with Gasteiger partial charge in [-0.15, -0.1) is 0 Å². The van der Waals surface area contributed by atoms with Gasteiger partial charge in [-0.05, 0) is 49.4 Å². The molecule has 3 rings (SSSR count). The van der Waals surface area contributed by atoms with Crippen LogP contribution in [0.3, 0.4) is 0 Å². The zero-order chi connectivity index (χ0) is 14.1. The highest BCUT2D eigenvalue weighted by Crippen LogP contribution is 2.33. The Morgan fingerprint density at radius 2 is 2.20 bits per heavy atom. The van der Waals surface area contributed by atoms with Crippen LogP contribution in [0.25, 0.3) is 0 Å². The number of aryl methyl sites for hydroxylation is 2. The van der Waals surface area contributed by atoms with Gasteiger partial charge in [0, 0.05) is 24.1 Å². The van der Waals surface area contributed by atoms with Gasteiger partial charge in [0.2, 0.25) is 0 Å². The average Bonchev–Trinajstić information content (AvgIpc) is 3.27. The molecule has 1 aromatic heterocycles. The first-order valence-electron chi connectivity index (χ1n) is 7.12. The second kappa shape index (κ2) is 5.12. The maximum Gasteiger partial charge on any atom is 0.293 e. The summed E-state index contributed by atoms with van der Waals surface area (Å²) in [6.45, 7) is 4.23. The summed E-state index contributed by atoms with van der Waals surface area (Å²) in [5.41, 5.74) is 3.45. The predicted octanol–water partition coefficient (Wildman–Crippen LogP) is 3.19. The minimum Gasteiger partial charge on any atom is -0.336 e. The van der Waals surface area contributed by atoms with Gasteiger partial charge < -0.3 is 9.88 Å². The molecular formula is C16H19N3O. The van der Waals surface area contributed by atoms with Gasteiger partial charge in [0.25, 0.3) is 5.56 Å². The lowest BCUT2D eigenvalue weighted by atomic mass is 10.1. The highest BCUT2D eigenvalue weighted by Gasteiger charge is 2.25. The van der Waals surface area contributed by atoms with Crippen molar-refractivity contribution < 1.29 is 0 Å². The largest absolute Gasteiger partial charge is 0.336 e. The first-order chi connectivity index (χ1) is 9.69. The van der Waals surface area contributed by atoms with E-state index in [9.17, 15) is 4.79 Å². The van der Waals surface area contributed by atoms with Gasteiger partial charge in [0.05, 0.1) is 0 Å². The Labute approximate surface area is 118 Å². The quantitative estimate of drug-likeness (QED) is 0.927. The van der Waals surface area contributed by atoms with Crippen LogP contribution in [0.1, 0.15) is 36.9 Å². The number of rotatable bonds is 4. The van der Waals surface area contributed by atoms with Gasteiger partial charge in [-0.25, -0.2) is 4.98 Å². The SMILES string of the molecule is CCc1cc(Nc2nccn(C3CC3)c2=O)ccc1C. The van der Waals surface area contributed by atoms with Gasteiger partial charge in [-0.2, -0.15) is 0 Å². The first-order valence-corrected chi connectivity index (χ1v) is 7.12. The molecule has 104 valence electrons. The van der Waals surface area contributed by atoms with E-state index in [1.165, 1.54) is 11.1 Å². The average molecular weight is 269 g/mol. The lowest BCUT2D eigenvalue weighted by Gasteiger charge is -2.10. The first kappa shape index (κ1) is 12.9. The second-order valence-corrected chi connectivity index (χ2v) is 5.34. The van der Waals surface area contributed by atoms with E-state index >= 15 is 0 Å². The number of benzene rings is 1. The number of hydrogen-bond acceptors (Lipinski definition) is 3. The molecule has 1 aliphatic carbocycles. The van der Waals surface area contributed by atoms with Crippen LogP contribution in [0.4, 0.5) is 11.5 Å². The van der Waals surface area contributed by atoms with Crippen LogP contribution in [0, 0.1) is 6.92 Å². The number of hydrogen-bond donors (Lipinski definition) is 1. The van der Waals surface area contributed by atoms with E-state index in [2.05, 4.69) is 36.3 Å². The number of nitrogens with zero attached hydrogens (tertiary/aromatic N) is 2. The molecule has 20 heavy (non-hydrogen) atoms. The molecule has 4 nitrogen and oxygen atoms in total. The third kappa shape index (κ3) is 2.46. The minimum absolute atomic E-state index is 0.0337. The zero-order valence-electron chi connectivity index (χ0n) is 11.9. The van der Waals surface area contributed by atoms with Gasteiger partial charge in [-0.1, -0.05) is 13.0 Å². The number of nitrogens with one attached hydrogen (secondary N) is 1. The summed E-state index contributed by atoms with van der Waals surface area (Å²) in [5.74, 6) is 0.408. The molecule has 1 heterocycles. The summed E-state index contributed by atoms with van der Waals surface area (Å²) >= 11 is 0. The van der Waals surface area contributed by atoms with Gasteiger partial charge in [0.1, 0.15) is 0 Å². The molecule has 1 aliphatic rings. The minimum atomic E-state index is -0.0337. The molecule has 1 saturated carbocycles. The normalized spacial score (nSPS) is 14.3. The Balaban J connectivity index is 1.91. The standard InChI is InChI=1S/C16H19N3O/c1-3-12-10-13(5-4-11(12)2)18-15-16(20)19(9-8-17-15)14-6-7-14/h4-5,8-10,14H,3,6-7H2,1-2H3,(H,17,18). The van der Waals surface area contributed by atoms with Crippen LogP contribution >= 0.6 is 0 Å². The predicted molar refractivity (Wildman–Crippen MR) is 80.6 cm³/mol. The summed E-state index contributed by atoms with van der Waals surface area (Å²) in [7, 11) is 0. The van der Waals surface area contributed by atoms with E-state index in [0.29, 0.717) is 11.9 Å². The van der Waals surface area contributed by atoms with E-state index in [1.54, 1.807) is 17.0 Å². The highest BCUT2D eigenvalue weighted by atomic mass is 16.1. The van der Waals surface area contributed by atoms with Crippen LogP contribution in [-0.2, 0) is 6.42 Å². The molecule has 2 aromatic rings. The molecule has 0 spiro atoms. The van der Waals surface area contributed by atoms with Crippen LogP contribution in [0.5, 0.6) is 0 Å². The Hall–Kier alpha value is -2.10. The smallest absolute Gasteiger partial charge is 0.293 e. The molecular weight excluding hydrogens is 250 g/mol. The fourth-order valence-corrected chi connectivity index (χ4v) is 2.42. The third-order valence-corrected chi connectivity index (χ3v) is 3.80. The van der Waals surface area contributed by atoms with Crippen molar-refractivity contribution in [2.24, 2.45) is 0 Å². The van der Waals surface area contributed by atoms with Gasteiger partial charge >= 0.3 is 0 Å². The van der Waals surface area contributed by atoms with Crippen LogP contribution in [0.2, 0.25) is 0 Å². The summed E-state index contributed by atoms with van der Waals surface area (Å²) in [5, 5.41) is 3.15. The highest BCUT2D eigenvalue weighted by molar-refractivity contribution is 5.57. The summed E-state index contributed by atoms with van der Waals surface area (Å²) in [6.07, 6.45) is 6.63. The number of aromatic nitrogens is 2. The Kier molecular flexibility index (Phi) is 3.30. The topological polar surface area (TPSA) is 46.9 Å². The summed E-state index contributed by atoms with van der Waals surface area (Å²) < 4.78 is 1.78. The van der Waals surface area contributed by atoms with Crippen molar-refractivity contribution in [3.05, 3.63) is 52.1 Å². The molecule has 1 aromatic carbocycles. The molecule has 0 unspecified atom stereocenters. The maximum absolute atomic E-state index is 12.3. The molecule has 0 aliphatic heterocycles. The monoisotopic (exact) mass is 269 g/mol. The van der Waals surface area contributed by atoms with Crippen molar-refractivity contribution in [2.75, 3.05) is 5.32 Å². The van der Waals surface area contributed by atoms with Crippen molar-refractivity contribution in [2.45, 2.75) is 39.2 Å². The lowest BCUT2D eigenvalue weighted by molar-refractivity contribution is 0.701. The molecule has 0 bridgehead atoms. The third-order valence-electron chi connectivity index (χ3n) is 3.80. The molecule has 1 fully saturated rings. The Bertz CT molecular complexity index is 686. The maximum atomic E-state index is 12.3. The summed E-state index contributed by atoms with van der Waals surface area (Å²) in [4.78, 5) is 16.5. The molecule has 0 atom stereocenters. The lowest BCUT2D eigenvalue weighted by Crippen LogP contribution is -2.22. The van der Waals surface area contributed by atoms with E-state index in [0.717, 1.165) is 24.9 Å². The molecule has 0 amide bonds.